The van der Waals surface area contributed by atoms with Crippen molar-refractivity contribution in [2.75, 3.05) is 13.7 Å². The number of hydrogen-bond donors (Lipinski definition) is 2. The Labute approximate surface area is 121 Å². The van der Waals surface area contributed by atoms with Crippen LogP contribution in [-0.4, -0.2) is 29.7 Å². The van der Waals surface area contributed by atoms with Crippen molar-refractivity contribution >= 4 is 5.78 Å². The number of carbonyl (C=O) groups is 1. The molecule has 1 aliphatic heterocycles. The molecule has 0 aromatic heterocycles. The molecule has 0 bridgehead atoms. The van der Waals surface area contributed by atoms with Crippen LogP contribution in [0, 0.1) is 0 Å². The van der Waals surface area contributed by atoms with E-state index in [4.69, 9.17) is 9.47 Å². The first-order chi connectivity index (χ1) is 10.1. The SMILES string of the molecule is COc1ccc([C@@H]2COc3cc(O)c(O)cc3C2=O)cc1. The number of ketones is 1. The van der Waals surface area contributed by atoms with Gasteiger partial charge in [-0.3, -0.25) is 4.79 Å². The van der Waals surface area contributed by atoms with Gasteiger partial charge in [-0.1, -0.05) is 12.1 Å². The summed E-state index contributed by atoms with van der Waals surface area (Å²) in [5, 5.41) is 19.0. The van der Waals surface area contributed by atoms with Gasteiger partial charge < -0.3 is 19.7 Å². The molecule has 2 N–H and O–H groups in total. The lowest BCUT2D eigenvalue weighted by atomic mass is 9.89. The fraction of sp³-hybridized carbons (Fsp3) is 0.188. The molecule has 5 heteroatoms. The van der Waals surface area contributed by atoms with Gasteiger partial charge in [0.1, 0.15) is 18.1 Å². The van der Waals surface area contributed by atoms with Crippen molar-refractivity contribution in [2.24, 2.45) is 0 Å². The van der Waals surface area contributed by atoms with Crippen molar-refractivity contribution in [1.29, 1.82) is 0 Å². The van der Waals surface area contributed by atoms with Gasteiger partial charge in [0, 0.05) is 6.07 Å². The number of ether oxygens (including phenoxy) is 2. The summed E-state index contributed by atoms with van der Waals surface area (Å²) >= 11 is 0. The summed E-state index contributed by atoms with van der Waals surface area (Å²) in [5.74, 6) is -0.208. The van der Waals surface area contributed by atoms with Crippen molar-refractivity contribution in [3.63, 3.8) is 0 Å². The van der Waals surface area contributed by atoms with Gasteiger partial charge in [-0.2, -0.15) is 0 Å². The Morgan fingerprint density at radius 1 is 1.14 bits per heavy atom. The first-order valence-corrected chi connectivity index (χ1v) is 6.47. The molecule has 21 heavy (non-hydrogen) atoms. The van der Waals surface area contributed by atoms with Gasteiger partial charge in [0.05, 0.1) is 18.6 Å². The zero-order chi connectivity index (χ0) is 15.0. The molecule has 0 saturated carbocycles. The molecule has 1 aliphatic rings. The molecule has 0 aliphatic carbocycles. The van der Waals surface area contributed by atoms with Crippen LogP contribution in [0.5, 0.6) is 23.0 Å². The molecule has 3 rings (SSSR count). The smallest absolute Gasteiger partial charge is 0.177 e. The van der Waals surface area contributed by atoms with E-state index in [1.54, 1.807) is 19.2 Å². The summed E-state index contributed by atoms with van der Waals surface area (Å²) in [7, 11) is 1.58. The molecule has 0 fully saturated rings. The minimum absolute atomic E-state index is 0.142. The second kappa shape index (κ2) is 5.01. The van der Waals surface area contributed by atoms with Gasteiger partial charge in [-0.05, 0) is 23.8 Å². The molecule has 0 spiro atoms. The second-order valence-electron chi connectivity index (χ2n) is 4.84. The molecule has 5 nitrogen and oxygen atoms in total. The maximum atomic E-state index is 12.5. The molecule has 2 aromatic rings. The molecular formula is C16H14O5. The van der Waals surface area contributed by atoms with Gasteiger partial charge in [-0.15, -0.1) is 0 Å². The van der Waals surface area contributed by atoms with Crippen LogP contribution in [0.2, 0.25) is 0 Å². The highest BCUT2D eigenvalue weighted by Crippen LogP contribution is 2.39. The van der Waals surface area contributed by atoms with Crippen LogP contribution >= 0.6 is 0 Å². The van der Waals surface area contributed by atoms with Gasteiger partial charge >= 0.3 is 0 Å². The lowest BCUT2D eigenvalue weighted by Gasteiger charge is -2.24. The van der Waals surface area contributed by atoms with Gasteiger partial charge in [0.2, 0.25) is 0 Å². The molecular weight excluding hydrogens is 272 g/mol. The van der Waals surface area contributed by atoms with E-state index in [-0.39, 0.29) is 29.5 Å². The number of benzene rings is 2. The summed E-state index contributed by atoms with van der Waals surface area (Å²) in [4.78, 5) is 12.5. The van der Waals surface area contributed by atoms with Crippen molar-refractivity contribution in [3.8, 4) is 23.0 Å². The third-order valence-corrected chi connectivity index (χ3v) is 3.58. The largest absolute Gasteiger partial charge is 0.504 e. The standard InChI is InChI=1S/C16H14O5/c1-20-10-4-2-9(3-5-10)12-8-21-15-7-14(18)13(17)6-11(15)16(12)19/h2-7,12,17-18H,8H2,1H3/t12-/m0/s1. The van der Waals surface area contributed by atoms with Crippen molar-refractivity contribution in [2.45, 2.75) is 5.92 Å². The monoisotopic (exact) mass is 286 g/mol. The zero-order valence-corrected chi connectivity index (χ0v) is 11.4. The quantitative estimate of drug-likeness (QED) is 0.829. The summed E-state index contributed by atoms with van der Waals surface area (Å²) < 4.78 is 10.6. The first kappa shape index (κ1) is 13.3. The van der Waals surface area contributed by atoms with Crippen LogP contribution in [-0.2, 0) is 0 Å². The highest BCUT2D eigenvalue weighted by atomic mass is 16.5. The summed E-state index contributed by atoms with van der Waals surface area (Å²) in [6.45, 7) is 0.197. The molecule has 1 atom stereocenters. The lowest BCUT2D eigenvalue weighted by Crippen LogP contribution is -2.25. The zero-order valence-electron chi connectivity index (χ0n) is 11.4. The van der Waals surface area contributed by atoms with E-state index < -0.39 is 5.92 Å². The summed E-state index contributed by atoms with van der Waals surface area (Å²) in [5.41, 5.74) is 1.09. The number of carbonyl (C=O) groups excluding carboxylic acids is 1. The third-order valence-electron chi connectivity index (χ3n) is 3.58. The number of aromatic hydroxyl groups is 2. The highest BCUT2D eigenvalue weighted by molar-refractivity contribution is 6.04. The topological polar surface area (TPSA) is 76.0 Å². The molecule has 0 radical (unpaired) electrons. The number of methoxy groups -OCH3 is 1. The third kappa shape index (κ3) is 2.27. The Balaban J connectivity index is 1.96. The summed E-state index contributed by atoms with van der Waals surface area (Å²) in [6, 6.07) is 9.69. The Morgan fingerprint density at radius 3 is 2.48 bits per heavy atom. The predicted octanol–water partition coefficient (Wildman–Crippen LogP) is 2.47. The minimum atomic E-state index is -0.438. The van der Waals surface area contributed by atoms with E-state index in [1.807, 2.05) is 12.1 Å². The number of hydrogen-bond acceptors (Lipinski definition) is 5. The van der Waals surface area contributed by atoms with Gasteiger partial charge in [-0.25, -0.2) is 0 Å². The molecule has 0 amide bonds. The second-order valence-corrected chi connectivity index (χ2v) is 4.84. The molecule has 2 aromatic carbocycles. The minimum Gasteiger partial charge on any atom is -0.504 e. The average Bonchev–Trinajstić information content (AvgIpc) is 2.50. The van der Waals surface area contributed by atoms with Gasteiger partial charge in [0.15, 0.2) is 17.3 Å². The molecule has 0 unspecified atom stereocenters. The highest BCUT2D eigenvalue weighted by Gasteiger charge is 2.31. The normalized spacial score (nSPS) is 17.0. The van der Waals surface area contributed by atoms with E-state index >= 15 is 0 Å². The fourth-order valence-corrected chi connectivity index (χ4v) is 2.39. The molecule has 108 valence electrons. The Kier molecular flexibility index (Phi) is 3.17. The van der Waals surface area contributed by atoms with Crippen LogP contribution in [0.1, 0.15) is 21.8 Å². The number of Topliss-reactive ketones (excluding diaryl/α,β-unsaturated/α-hetero) is 1. The van der Waals surface area contributed by atoms with Crippen LogP contribution in [0.25, 0.3) is 0 Å². The van der Waals surface area contributed by atoms with E-state index in [0.717, 1.165) is 5.56 Å². The number of phenols is 2. The molecule has 0 saturated heterocycles. The summed E-state index contributed by atoms with van der Waals surface area (Å²) in [6.07, 6.45) is 0. The van der Waals surface area contributed by atoms with E-state index in [9.17, 15) is 15.0 Å². The number of rotatable bonds is 2. The first-order valence-electron chi connectivity index (χ1n) is 6.47. The number of fused-ring (bicyclic) bond motifs is 1. The van der Waals surface area contributed by atoms with Crippen LogP contribution in [0.15, 0.2) is 36.4 Å². The lowest BCUT2D eigenvalue weighted by molar-refractivity contribution is 0.0895. The Bertz CT molecular complexity index is 691. The van der Waals surface area contributed by atoms with Crippen LogP contribution < -0.4 is 9.47 Å². The van der Waals surface area contributed by atoms with Crippen molar-refractivity contribution < 1.29 is 24.5 Å². The van der Waals surface area contributed by atoms with Crippen LogP contribution in [0.4, 0.5) is 0 Å². The Morgan fingerprint density at radius 2 is 1.81 bits per heavy atom. The predicted molar refractivity (Wildman–Crippen MR) is 75.3 cm³/mol. The van der Waals surface area contributed by atoms with Crippen molar-refractivity contribution in [1.82, 2.24) is 0 Å². The maximum absolute atomic E-state index is 12.5. The average molecular weight is 286 g/mol. The van der Waals surface area contributed by atoms with Gasteiger partial charge in [0.25, 0.3) is 0 Å². The molecule has 1 heterocycles. The Hall–Kier alpha value is -2.69. The fourth-order valence-electron chi connectivity index (χ4n) is 2.39. The van der Waals surface area contributed by atoms with Crippen LogP contribution in [0.3, 0.4) is 0 Å². The van der Waals surface area contributed by atoms with E-state index in [2.05, 4.69) is 0 Å². The maximum Gasteiger partial charge on any atom is 0.177 e. The number of phenolic OH excluding ortho intramolecular Hbond substituents is 2. The van der Waals surface area contributed by atoms with E-state index in [1.165, 1.54) is 12.1 Å². The van der Waals surface area contributed by atoms with E-state index in [0.29, 0.717) is 11.5 Å². The van der Waals surface area contributed by atoms with Crippen molar-refractivity contribution in [3.05, 3.63) is 47.5 Å².